The van der Waals surface area contributed by atoms with Crippen LogP contribution >= 0.6 is 39.1 Å². The van der Waals surface area contributed by atoms with Crippen molar-refractivity contribution in [2.24, 2.45) is 0 Å². The maximum Gasteiger partial charge on any atom is 0.264 e. The third-order valence-electron chi connectivity index (χ3n) is 6.99. The molecule has 0 aliphatic rings. The Labute approximate surface area is 283 Å². The van der Waals surface area contributed by atoms with Gasteiger partial charge in [-0.25, -0.2) is 8.42 Å². The molecule has 0 saturated carbocycles. The zero-order valence-electron chi connectivity index (χ0n) is 25.1. The number of sulfonamides is 1. The Balaban J connectivity index is 1.82. The zero-order chi connectivity index (χ0) is 32.7. The Morgan fingerprint density at radius 1 is 0.844 bits per heavy atom. The second-order valence-electron chi connectivity index (χ2n) is 11.0. The molecule has 0 spiro atoms. The summed E-state index contributed by atoms with van der Waals surface area (Å²) < 4.78 is 30.1. The molecule has 0 bridgehead atoms. The minimum Gasteiger partial charge on any atom is -0.352 e. The third kappa shape index (κ3) is 9.33. The van der Waals surface area contributed by atoms with Crippen LogP contribution in [0.2, 0.25) is 10.0 Å². The van der Waals surface area contributed by atoms with Gasteiger partial charge in [-0.3, -0.25) is 13.9 Å². The number of hydrogen-bond acceptors (Lipinski definition) is 4. The Kier molecular flexibility index (Phi) is 11.7. The minimum atomic E-state index is -4.27. The van der Waals surface area contributed by atoms with Gasteiger partial charge in [-0.15, -0.1) is 0 Å². The van der Waals surface area contributed by atoms with Crippen LogP contribution in [0.4, 0.5) is 5.69 Å². The highest BCUT2D eigenvalue weighted by Crippen LogP contribution is 2.30. The molecule has 7 nitrogen and oxygen atoms in total. The van der Waals surface area contributed by atoms with Crippen LogP contribution in [0.3, 0.4) is 0 Å². The molecule has 45 heavy (non-hydrogen) atoms. The first-order valence-corrected chi connectivity index (χ1v) is 17.3. The summed E-state index contributed by atoms with van der Waals surface area (Å²) in [6.07, 6.45) is 0.218. The number of nitrogens with one attached hydrogen (secondary N) is 1. The highest BCUT2D eigenvalue weighted by molar-refractivity contribution is 9.10. The van der Waals surface area contributed by atoms with Crippen LogP contribution in [0.5, 0.6) is 0 Å². The van der Waals surface area contributed by atoms with Gasteiger partial charge in [0.15, 0.2) is 0 Å². The van der Waals surface area contributed by atoms with E-state index in [1.165, 1.54) is 35.2 Å². The molecule has 0 radical (unpaired) electrons. The van der Waals surface area contributed by atoms with E-state index in [4.69, 9.17) is 23.2 Å². The minimum absolute atomic E-state index is 0.00477. The van der Waals surface area contributed by atoms with Gasteiger partial charge in [0.1, 0.15) is 12.6 Å². The van der Waals surface area contributed by atoms with Gasteiger partial charge >= 0.3 is 0 Å². The van der Waals surface area contributed by atoms with Gasteiger partial charge in [0.2, 0.25) is 11.8 Å². The number of anilines is 1. The molecule has 1 N–H and O–H groups in total. The summed E-state index contributed by atoms with van der Waals surface area (Å²) in [6.45, 7) is 4.99. The molecule has 0 aliphatic heterocycles. The molecule has 0 heterocycles. The van der Waals surface area contributed by atoms with Gasteiger partial charge in [-0.1, -0.05) is 99.3 Å². The number of benzene rings is 4. The van der Waals surface area contributed by atoms with E-state index in [0.29, 0.717) is 0 Å². The molecular formula is C34H34BrCl2N3O4S. The number of carbonyl (C=O) groups excluding carboxylic acids is 2. The lowest BCUT2D eigenvalue weighted by Gasteiger charge is -2.34. The second-order valence-corrected chi connectivity index (χ2v) is 14.6. The van der Waals surface area contributed by atoms with E-state index in [9.17, 15) is 18.0 Å². The van der Waals surface area contributed by atoms with Crippen molar-refractivity contribution in [1.82, 2.24) is 10.2 Å². The fourth-order valence-corrected chi connectivity index (χ4v) is 6.95. The fraction of sp³-hybridized carbons (Fsp3) is 0.235. The lowest BCUT2D eigenvalue weighted by atomic mass is 10.0. The maximum absolute atomic E-state index is 14.5. The van der Waals surface area contributed by atoms with Crippen LogP contribution in [0.15, 0.2) is 106 Å². The van der Waals surface area contributed by atoms with Crippen molar-refractivity contribution in [3.05, 3.63) is 128 Å². The molecule has 4 rings (SSSR count). The molecular weight excluding hydrogens is 697 g/mol. The van der Waals surface area contributed by atoms with Crippen molar-refractivity contribution in [3.8, 4) is 0 Å². The highest BCUT2D eigenvalue weighted by atomic mass is 79.9. The molecule has 4 aromatic carbocycles. The summed E-state index contributed by atoms with van der Waals surface area (Å²) in [5.74, 6) is -0.928. The average Bonchev–Trinajstić information content (AvgIpc) is 2.98. The highest BCUT2D eigenvalue weighted by Gasteiger charge is 2.35. The summed E-state index contributed by atoms with van der Waals surface area (Å²) in [7, 11) is -4.27. The number of nitrogens with zero attached hydrogens (tertiary/aromatic N) is 2. The van der Waals surface area contributed by atoms with Gasteiger partial charge < -0.3 is 10.2 Å². The monoisotopic (exact) mass is 729 g/mol. The quantitative estimate of drug-likeness (QED) is 0.164. The number of amides is 2. The van der Waals surface area contributed by atoms with Gasteiger partial charge in [0.05, 0.1) is 10.6 Å². The van der Waals surface area contributed by atoms with Gasteiger partial charge in [-0.2, -0.15) is 0 Å². The molecule has 0 fully saturated rings. The molecule has 4 aromatic rings. The smallest absolute Gasteiger partial charge is 0.264 e. The molecule has 0 saturated heterocycles. The summed E-state index contributed by atoms with van der Waals surface area (Å²) in [5, 5.41) is 3.36. The lowest BCUT2D eigenvalue weighted by Crippen LogP contribution is -2.54. The van der Waals surface area contributed by atoms with Crippen LogP contribution in [0.25, 0.3) is 0 Å². The summed E-state index contributed by atoms with van der Waals surface area (Å²) in [6, 6.07) is 26.4. The van der Waals surface area contributed by atoms with Crippen molar-refractivity contribution >= 4 is 66.7 Å². The van der Waals surface area contributed by atoms with E-state index in [1.54, 1.807) is 12.1 Å². The van der Waals surface area contributed by atoms with Crippen LogP contribution < -0.4 is 9.62 Å². The number of aryl methyl sites for hydroxylation is 1. The van der Waals surface area contributed by atoms with E-state index in [-0.39, 0.29) is 45.5 Å². The fourth-order valence-electron chi connectivity index (χ4n) is 4.77. The average molecular weight is 732 g/mol. The Hall–Kier alpha value is -3.37. The Morgan fingerprint density at radius 2 is 1.44 bits per heavy atom. The zero-order valence-corrected chi connectivity index (χ0v) is 29.0. The topological polar surface area (TPSA) is 86.8 Å². The standard InChI is InChI=1S/C34H34BrCl2N3O4S/c1-23(2)38-34(42)32(17-25-7-5-4-6-8-25)39(21-26-11-13-27(35)14-12-26)33(41)22-40(30-19-28(36)18-29(37)20-30)45(43,44)31-15-9-24(3)10-16-31/h4-16,18-20,23,32H,17,21-22H2,1-3H3,(H,38,42)/t32-/m1/s1. The predicted molar refractivity (Wildman–Crippen MR) is 184 cm³/mol. The third-order valence-corrected chi connectivity index (χ3v) is 9.74. The van der Waals surface area contributed by atoms with Crippen LogP contribution in [0, 0.1) is 6.92 Å². The van der Waals surface area contributed by atoms with Crippen molar-refractivity contribution in [2.45, 2.75) is 50.7 Å². The molecule has 1 atom stereocenters. The van der Waals surface area contributed by atoms with Gasteiger partial charge in [-0.05, 0) is 74.4 Å². The Morgan fingerprint density at radius 3 is 2.02 bits per heavy atom. The summed E-state index contributed by atoms with van der Waals surface area (Å²) in [5.41, 5.74) is 2.61. The summed E-state index contributed by atoms with van der Waals surface area (Å²) in [4.78, 5) is 29.7. The SMILES string of the molecule is Cc1ccc(S(=O)(=O)N(CC(=O)N(Cc2ccc(Br)cc2)[C@H](Cc2ccccc2)C(=O)NC(C)C)c2cc(Cl)cc(Cl)c2)cc1. The van der Waals surface area contributed by atoms with Crippen molar-refractivity contribution in [3.63, 3.8) is 0 Å². The van der Waals surface area contributed by atoms with Crippen molar-refractivity contribution < 1.29 is 18.0 Å². The van der Waals surface area contributed by atoms with E-state index in [2.05, 4.69) is 21.2 Å². The normalized spacial score (nSPS) is 12.1. The van der Waals surface area contributed by atoms with Crippen LogP contribution in [-0.2, 0) is 32.6 Å². The van der Waals surface area contributed by atoms with Crippen LogP contribution in [0.1, 0.15) is 30.5 Å². The first kappa shape index (κ1) is 34.5. The number of hydrogen-bond donors (Lipinski definition) is 1. The number of rotatable bonds is 12. The van der Waals surface area contributed by atoms with Crippen molar-refractivity contribution in [1.29, 1.82) is 0 Å². The van der Waals surface area contributed by atoms with E-state index >= 15 is 0 Å². The number of carbonyl (C=O) groups is 2. The molecule has 2 amide bonds. The maximum atomic E-state index is 14.5. The van der Waals surface area contributed by atoms with E-state index in [1.807, 2.05) is 75.4 Å². The second kappa shape index (κ2) is 15.3. The van der Waals surface area contributed by atoms with E-state index < -0.39 is 28.5 Å². The van der Waals surface area contributed by atoms with Gasteiger partial charge in [0.25, 0.3) is 10.0 Å². The molecule has 0 unspecified atom stereocenters. The largest absolute Gasteiger partial charge is 0.352 e. The first-order valence-electron chi connectivity index (χ1n) is 14.3. The molecule has 236 valence electrons. The van der Waals surface area contributed by atoms with Gasteiger partial charge in [0, 0.05) is 33.5 Å². The predicted octanol–water partition coefficient (Wildman–Crippen LogP) is 7.42. The molecule has 0 aliphatic carbocycles. The first-order chi connectivity index (χ1) is 21.3. The summed E-state index contributed by atoms with van der Waals surface area (Å²) >= 11 is 16.0. The molecule has 0 aromatic heterocycles. The van der Waals surface area contributed by atoms with Crippen LogP contribution in [-0.4, -0.2) is 43.8 Å². The molecule has 11 heteroatoms. The lowest BCUT2D eigenvalue weighted by molar-refractivity contribution is -0.140. The van der Waals surface area contributed by atoms with E-state index in [0.717, 1.165) is 25.5 Å². The number of halogens is 3. The Bertz CT molecular complexity index is 1720. The van der Waals surface area contributed by atoms with Crippen molar-refractivity contribution in [2.75, 3.05) is 10.8 Å².